The third-order valence-corrected chi connectivity index (χ3v) is 19.8. The Balaban J connectivity index is 1.19. The van der Waals surface area contributed by atoms with E-state index in [0.29, 0.717) is 0 Å². The molecule has 3 nitrogen and oxygen atoms in total. The summed E-state index contributed by atoms with van der Waals surface area (Å²) in [5.41, 5.74) is 30.4. The van der Waals surface area contributed by atoms with Gasteiger partial charge in [0.1, 0.15) is 0 Å². The van der Waals surface area contributed by atoms with Gasteiger partial charge in [0.25, 0.3) is 6.71 Å². The molecule has 4 heteroatoms. The Bertz CT molecular complexity index is 4950. The van der Waals surface area contributed by atoms with E-state index in [1.807, 2.05) is 0 Å². The van der Waals surface area contributed by atoms with E-state index in [1.54, 1.807) is 0 Å². The fraction of sp³-hybridized carbons (Fsp3) is 0.233. The highest BCUT2D eigenvalue weighted by Crippen LogP contribution is 2.53. The van der Waals surface area contributed by atoms with Crippen molar-refractivity contribution in [2.24, 2.45) is 0 Å². The fourth-order valence-electron chi connectivity index (χ4n) is 14.7. The summed E-state index contributed by atoms with van der Waals surface area (Å²) in [6.45, 7) is 35.4. The van der Waals surface area contributed by atoms with E-state index in [9.17, 15) is 0 Å². The van der Waals surface area contributed by atoms with Gasteiger partial charge in [0.15, 0.2) is 0 Å². The summed E-state index contributed by atoms with van der Waals surface area (Å²) in [4.78, 5) is 2.76. The molecule has 0 spiro atoms. The maximum absolute atomic E-state index is 2.76. The quantitative estimate of drug-likeness (QED) is 0.151. The van der Waals surface area contributed by atoms with E-state index in [4.69, 9.17) is 0 Å². The minimum Gasteiger partial charge on any atom is -0.310 e. The molecule has 0 bridgehead atoms. The topological polar surface area (TPSA) is 13.1 Å². The molecular weight excluding hydrogens is 1090 g/mol. The van der Waals surface area contributed by atoms with Crippen LogP contribution in [0.5, 0.6) is 0 Å². The smallest absolute Gasteiger partial charge is 0.252 e. The Morgan fingerprint density at radius 1 is 0.278 bits per heavy atom. The molecule has 15 rings (SSSR count). The third-order valence-electron chi connectivity index (χ3n) is 19.8. The first kappa shape index (κ1) is 57.3. The van der Waals surface area contributed by atoms with Crippen molar-refractivity contribution >= 4 is 83.8 Å². The van der Waals surface area contributed by atoms with E-state index in [1.165, 1.54) is 155 Å². The van der Waals surface area contributed by atoms with Gasteiger partial charge < -0.3 is 14.0 Å². The Morgan fingerprint density at radius 3 is 1.30 bits per heavy atom. The van der Waals surface area contributed by atoms with Crippen molar-refractivity contribution in [1.29, 1.82) is 0 Å². The molecule has 0 amide bonds. The molecule has 0 aliphatic carbocycles. The molecule has 13 aromatic rings. The van der Waals surface area contributed by atoms with Crippen molar-refractivity contribution in [3.8, 4) is 55.9 Å². The number of hydrogen-bond acceptors (Lipinski definition) is 1. The average Bonchev–Trinajstić information content (AvgIpc) is 1.30. The van der Waals surface area contributed by atoms with Crippen molar-refractivity contribution in [2.75, 3.05) is 4.90 Å². The van der Waals surface area contributed by atoms with Gasteiger partial charge in [0.05, 0.1) is 22.2 Å². The van der Waals surface area contributed by atoms with Crippen molar-refractivity contribution in [2.45, 2.75) is 131 Å². The lowest BCUT2D eigenvalue weighted by Crippen LogP contribution is -2.60. The lowest BCUT2D eigenvalue weighted by molar-refractivity contribution is 0.569. The molecule has 0 atom stereocenters. The summed E-state index contributed by atoms with van der Waals surface area (Å²) in [6, 6.07) is 87.1. The summed E-state index contributed by atoms with van der Waals surface area (Å²) in [5, 5.41) is 5.05. The molecule has 90 heavy (non-hydrogen) atoms. The maximum Gasteiger partial charge on any atom is 0.252 e. The maximum atomic E-state index is 2.76. The van der Waals surface area contributed by atoms with Crippen LogP contribution in [0.15, 0.2) is 224 Å². The van der Waals surface area contributed by atoms with Crippen molar-refractivity contribution in [1.82, 2.24) is 9.13 Å². The number of para-hydroxylation sites is 1. The van der Waals surface area contributed by atoms with Crippen LogP contribution in [0.25, 0.3) is 99.5 Å². The van der Waals surface area contributed by atoms with Crippen LogP contribution in [-0.2, 0) is 27.1 Å². The first-order valence-corrected chi connectivity index (χ1v) is 32.6. The van der Waals surface area contributed by atoms with Crippen molar-refractivity contribution in [3.63, 3.8) is 0 Å². The van der Waals surface area contributed by atoms with E-state index in [0.717, 1.165) is 5.69 Å². The zero-order valence-corrected chi connectivity index (χ0v) is 55.3. The highest BCUT2D eigenvalue weighted by atomic mass is 15.2. The van der Waals surface area contributed by atoms with Crippen molar-refractivity contribution in [3.05, 3.63) is 252 Å². The van der Waals surface area contributed by atoms with Crippen molar-refractivity contribution < 1.29 is 0 Å². The number of rotatable bonds is 6. The number of fused-ring (bicyclic) bond motifs is 10. The molecule has 11 aromatic carbocycles. The Hall–Kier alpha value is -9.12. The predicted molar refractivity (Wildman–Crippen MR) is 390 cm³/mol. The van der Waals surface area contributed by atoms with Gasteiger partial charge in [-0.05, 0) is 184 Å². The number of hydrogen-bond donors (Lipinski definition) is 0. The van der Waals surface area contributed by atoms with Crippen LogP contribution >= 0.6 is 0 Å². The van der Waals surface area contributed by atoms with E-state index >= 15 is 0 Å². The zero-order valence-electron chi connectivity index (χ0n) is 55.3. The minimum atomic E-state index is -0.164. The van der Waals surface area contributed by atoms with Crippen LogP contribution in [-0.4, -0.2) is 15.8 Å². The van der Waals surface area contributed by atoms with Gasteiger partial charge in [-0.2, -0.15) is 0 Å². The highest BCUT2D eigenvalue weighted by Gasteiger charge is 2.45. The van der Waals surface area contributed by atoms with Crippen LogP contribution in [0.2, 0.25) is 0 Å². The van der Waals surface area contributed by atoms with Crippen LogP contribution in [0.1, 0.15) is 132 Å². The molecule has 0 fully saturated rings. The molecule has 2 aromatic heterocycles. The Morgan fingerprint density at radius 2 is 0.733 bits per heavy atom. The summed E-state index contributed by atoms with van der Waals surface area (Å²) in [7, 11) is 0. The SMILES string of the molecule is CC(C)(C)c1cc(-c2cc3c4c(c2)-n2c5ccc(C(C)(C)C)cc5c5cc(C(C)(C)C)cc(c52)B4c2cc4c(cc2N3c2c(-c3ccccc3)cc(C(C)(C)C)cc2-c2ccccc2)c2cc(-c3ccccc3)ccc2n4-c2ccccc2)cc(C(C)(C)C)c1. The molecule has 0 radical (unpaired) electrons. The van der Waals surface area contributed by atoms with Crippen LogP contribution < -0.4 is 21.3 Å². The molecular formula is C86H82BN3. The minimum absolute atomic E-state index is 0.0564. The first-order valence-electron chi connectivity index (χ1n) is 32.6. The fourth-order valence-corrected chi connectivity index (χ4v) is 14.7. The molecule has 2 aliphatic heterocycles. The number of anilines is 3. The van der Waals surface area contributed by atoms with Crippen LogP contribution in [0.4, 0.5) is 17.1 Å². The average molecular weight is 1170 g/mol. The van der Waals surface area contributed by atoms with Gasteiger partial charge >= 0.3 is 0 Å². The summed E-state index contributed by atoms with van der Waals surface area (Å²) < 4.78 is 5.24. The monoisotopic (exact) mass is 1170 g/mol. The molecule has 0 saturated heterocycles. The molecule has 4 heterocycles. The summed E-state index contributed by atoms with van der Waals surface area (Å²) in [6.07, 6.45) is 0. The van der Waals surface area contributed by atoms with Gasteiger partial charge in [-0.1, -0.05) is 249 Å². The molecule has 2 aliphatic rings. The van der Waals surface area contributed by atoms with Crippen LogP contribution in [0, 0.1) is 0 Å². The lowest BCUT2D eigenvalue weighted by Gasteiger charge is -2.43. The normalized spacial score (nSPS) is 13.5. The van der Waals surface area contributed by atoms with Gasteiger partial charge in [-0.15, -0.1) is 0 Å². The first-order chi connectivity index (χ1) is 42.8. The lowest BCUT2D eigenvalue weighted by atomic mass is 9.33. The number of aromatic nitrogens is 2. The molecule has 0 saturated carbocycles. The highest BCUT2D eigenvalue weighted by molar-refractivity contribution is 7.00. The second-order valence-electron chi connectivity index (χ2n) is 31.1. The van der Waals surface area contributed by atoms with Gasteiger partial charge in [0.2, 0.25) is 0 Å². The summed E-state index contributed by atoms with van der Waals surface area (Å²) in [5.74, 6) is 0. The van der Waals surface area contributed by atoms with Gasteiger partial charge in [-0.3, -0.25) is 0 Å². The summed E-state index contributed by atoms with van der Waals surface area (Å²) >= 11 is 0. The standard InChI is InChI=1S/C86H82BN3/c1-82(2,3)59-37-39-74-68(46-59)70-49-63(86(13,14)15)50-72-81(70)89(74)77-43-58(57-40-60(83(4,5)6)45-61(41-57)84(7,8)9)44-78-79(77)87(72)71-52-75-69(67-42-56(53-28-20-16-21-29-53)36-38-73(67)88(75)64-34-26-19-27-35-64)51-76(71)90(78)80-65(54-30-22-17-23-31-54)47-62(85(10,11)12)48-66(80)55-32-24-18-25-33-55/h16-52H,1-15H3. The predicted octanol–water partition coefficient (Wildman–Crippen LogP) is 21.6. The molecule has 0 unspecified atom stereocenters. The van der Waals surface area contributed by atoms with E-state index in [2.05, 4.69) is 342 Å². The zero-order chi connectivity index (χ0) is 62.7. The second-order valence-corrected chi connectivity index (χ2v) is 31.1. The van der Waals surface area contributed by atoms with E-state index < -0.39 is 0 Å². The molecule has 0 N–H and O–H groups in total. The number of benzene rings is 11. The molecule has 444 valence electrons. The van der Waals surface area contributed by atoms with E-state index in [-0.39, 0.29) is 33.8 Å². The number of nitrogens with zero attached hydrogens (tertiary/aromatic N) is 3. The third kappa shape index (κ3) is 9.30. The second kappa shape index (κ2) is 20.2. The largest absolute Gasteiger partial charge is 0.310 e. The van der Waals surface area contributed by atoms with Crippen LogP contribution in [0.3, 0.4) is 0 Å². The Labute approximate surface area is 533 Å². The van der Waals surface area contributed by atoms with Gasteiger partial charge in [0, 0.05) is 60.9 Å². The van der Waals surface area contributed by atoms with Gasteiger partial charge in [-0.25, -0.2) is 0 Å². The Kier molecular flexibility index (Phi) is 12.9.